The summed E-state index contributed by atoms with van der Waals surface area (Å²) in [5.74, 6) is 2.42. The first-order valence-electron chi connectivity index (χ1n) is 9.79. The smallest absolute Gasteiger partial charge is 0.118 e. The second-order valence-electron chi connectivity index (χ2n) is 8.29. The molecule has 1 aromatic rings. The lowest BCUT2D eigenvalue weighted by molar-refractivity contribution is -0.0235. The molecule has 3 aliphatic rings. The third kappa shape index (κ3) is 4.48. The van der Waals surface area contributed by atoms with Gasteiger partial charge in [-0.3, -0.25) is 0 Å². The van der Waals surface area contributed by atoms with Crippen LogP contribution in [0.15, 0.2) is 35.9 Å². The molecule has 3 atom stereocenters. The van der Waals surface area contributed by atoms with Crippen LogP contribution in [0.25, 0.3) is 0 Å². The van der Waals surface area contributed by atoms with Crippen molar-refractivity contribution in [2.45, 2.75) is 39.2 Å². The fourth-order valence-electron chi connectivity index (χ4n) is 4.31. The van der Waals surface area contributed by atoms with E-state index < -0.39 is 6.10 Å². The van der Waals surface area contributed by atoms with Crippen molar-refractivity contribution in [3.8, 4) is 5.75 Å². The molecule has 0 heterocycles. The molecule has 0 amide bonds. The Morgan fingerprint density at radius 1 is 1.27 bits per heavy atom. The summed E-state index contributed by atoms with van der Waals surface area (Å²) < 4.78 is 11.0. The number of fused-ring (bicyclic) bond motifs is 1. The van der Waals surface area contributed by atoms with Crippen molar-refractivity contribution in [2.75, 3.05) is 33.4 Å². The number of rotatable bonds is 10. The minimum absolute atomic E-state index is 0.392. The van der Waals surface area contributed by atoms with Crippen molar-refractivity contribution < 1.29 is 14.6 Å². The Labute approximate surface area is 157 Å². The number of nitrogens with one attached hydrogen (secondary N) is 1. The molecule has 0 spiro atoms. The van der Waals surface area contributed by atoms with Gasteiger partial charge in [0, 0.05) is 6.54 Å². The molecule has 0 unspecified atom stereocenters. The Hall–Kier alpha value is -1.36. The van der Waals surface area contributed by atoms with Crippen molar-refractivity contribution in [1.82, 2.24) is 5.32 Å². The zero-order valence-electron chi connectivity index (χ0n) is 16.3. The summed E-state index contributed by atoms with van der Waals surface area (Å²) in [6.45, 7) is 7.21. The van der Waals surface area contributed by atoms with Crippen LogP contribution in [-0.4, -0.2) is 44.6 Å². The lowest BCUT2D eigenvalue weighted by Crippen LogP contribution is -2.48. The quantitative estimate of drug-likeness (QED) is 0.498. The summed E-state index contributed by atoms with van der Waals surface area (Å²) >= 11 is 0. The van der Waals surface area contributed by atoms with E-state index in [1.54, 1.807) is 7.11 Å². The van der Waals surface area contributed by atoms with Gasteiger partial charge < -0.3 is 19.9 Å². The van der Waals surface area contributed by atoms with Gasteiger partial charge in [0.1, 0.15) is 5.75 Å². The fraction of sp³-hybridized carbons (Fsp3) is 0.636. The van der Waals surface area contributed by atoms with Crippen molar-refractivity contribution in [1.29, 1.82) is 0 Å². The van der Waals surface area contributed by atoms with Gasteiger partial charge in [0.25, 0.3) is 0 Å². The predicted octanol–water partition coefficient (Wildman–Crippen LogP) is 3.20. The van der Waals surface area contributed by atoms with Gasteiger partial charge in [-0.2, -0.15) is 0 Å². The van der Waals surface area contributed by atoms with E-state index in [4.69, 9.17) is 9.47 Å². The molecular weight excluding hydrogens is 326 g/mol. The third-order valence-electron chi connectivity index (χ3n) is 6.29. The number of hydrogen-bond donors (Lipinski definition) is 2. The molecule has 1 fully saturated rings. The Balaban J connectivity index is 1.27. The Morgan fingerprint density at radius 2 is 2.04 bits per heavy atom. The van der Waals surface area contributed by atoms with Crippen molar-refractivity contribution in [2.24, 2.45) is 17.3 Å². The molecule has 144 valence electrons. The number of hydrogen-bond acceptors (Lipinski definition) is 4. The lowest BCUT2D eigenvalue weighted by atomic mass is 9.49. The number of benzene rings is 1. The molecule has 0 radical (unpaired) electrons. The third-order valence-corrected chi connectivity index (χ3v) is 6.29. The first-order valence-corrected chi connectivity index (χ1v) is 9.79. The largest absolute Gasteiger partial charge is 0.497 e. The number of aliphatic hydroxyl groups is 1. The molecule has 1 aromatic carbocycles. The maximum absolute atomic E-state index is 10.1. The minimum Gasteiger partial charge on any atom is -0.497 e. The highest BCUT2D eigenvalue weighted by atomic mass is 16.5. The summed E-state index contributed by atoms with van der Waals surface area (Å²) in [6, 6.07) is 8.10. The predicted molar refractivity (Wildman–Crippen MR) is 104 cm³/mol. The summed E-state index contributed by atoms with van der Waals surface area (Å²) in [6.07, 6.45) is 5.35. The van der Waals surface area contributed by atoms with Crippen molar-refractivity contribution in [3.05, 3.63) is 41.5 Å². The van der Waals surface area contributed by atoms with Crippen LogP contribution in [0.3, 0.4) is 0 Å². The van der Waals surface area contributed by atoms with Crippen LogP contribution in [-0.2, 0) is 11.2 Å². The van der Waals surface area contributed by atoms with E-state index in [1.807, 2.05) is 12.1 Å². The standard InChI is InChI=1S/C22H33NO3/c1-22(2)18-7-6-17(21(22)12-18)14-26-15-19(24)13-23-11-10-16-4-8-20(25-3)9-5-16/h4-6,8-9,18-19,21,23-24H,7,10-15H2,1-3H3/t18-,19+,21+/m0/s1. The van der Waals surface area contributed by atoms with E-state index >= 15 is 0 Å². The topological polar surface area (TPSA) is 50.7 Å². The van der Waals surface area contributed by atoms with Gasteiger partial charge in [0.2, 0.25) is 0 Å². The summed E-state index contributed by atoms with van der Waals surface area (Å²) in [7, 11) is 1.68. The minimum atomic E-state index is -0.461. The van der Waals surface area contributed by atoms with E-state index in [2.05, 4.69) is 37.4 Å². The van der Waals surface area contributed by atoms with E-state index in [-0.39, 0.29) is 0 Å². The van der Waals surface area contributed by atoms with Crippen LogP contribution in [0, 0.1) is 17.3 Å². The van der Waals surface area contributed by atoms with Gasteiger partial charge >= 0.3 is 0 Å². The molecule has 26 heavy (non-hydrogen) atoms. The van der Waals surface area contributed by atoms with Gasteiger partial charge in [-0.05, 0) is 66.3 Å². The number of methoxy groups -OCH3 is 1. The first-order chi connectivity index (χ1) is 12.5. The molecule has 2 N–H and O–H groups in total. The van der Waals surface area contributed by atoms with Crippen LogP contribution in [0.4, 0.5) is 0 Å². The lowest BCUT2D eigenvalue weighted by Gasteiger charge is -2.56. The normalized spacial score (nSPS) is 24.5. The number of allylic oxidation sites excluding steroid dienone is 1. The van der Waals surface area contributed by atoms with Crippen LogP contribution in [0.2, 0.25) is 0 Å². The molecule has 4 nitrogen and oxygen atoms in total. The van der Waals surface area contributed by atoms with Crippen LogP contribution < -0.4 is 10.1 Å². The first kappa shape index (κ1) is 19.4. The summed E-state index contributed by atoms with van der Waals surface area (Å²) in [4.78, 5) is 0. The van der Waals surface area contributed by atoms with E-state index in [0.29, 0.717) is 31.1 Å². The second kappa shape index (κ2) is 8.55. The number of ether oxygens (including phenoxy) is 2. The van der Waals surface area contributed by atoms with Gasteiger partial charge in [0.15, 0.2) is 0 Å². The van der Waals surface area contributed by atoms with E-state index in [9.17, 15) is 5.11 Å². The van der Waals surface area contributed by atoms with Crippen LogP contribution in [0.1, 0.15) is 32.3 Å². The highest BCUT2D eigenvalue weighted by Gasteiger charge is 2.50. The van der Waals surface area contributed by atoms with Gasteiger partial charge in [-0.1, -0.05) is 32.1 Å². The maximum Gasteiger partial charge on any atom is 0.118 e. The Morgan fingerprint density at radius 3 is 2.69 bits per heavy atom. The van der Waals surface area contributed by atoms with Gasteiger partial charge in [0.05, 0.1) is 26.4 Å². The Kier molecular flexibility index (Phi) is 6.38. The molecule has 0 saturated heterocycles. The average molecular weight is 360 g/mol. The SMILES string of the molecule is COc1ccc(CCNC[C@@H](O)COCC2=CC[C@H]3C[C@H]2C3(C)C)cc1. The Bertz CT molecular complexity index is 608. The highest BCUT2D eigenvalue weighted by molar-refractivity contribution is 5.27. The fourth-order valence-corrected chi connectivity index (χ4v) is 4.31. The molecule has 0 aromatic heterocycles. The monoisotopic (exact) mass is 359 g/mol. The van der Waals surface area contributed by atoms with Crippen LogP contribution in [0.5, 0.6) is 5.75 Å². The molecule has 1 saturated carbocycles. The molecule has 0 aliphatic heterocycles. The second-order valence-corrected chi connectivity index (χ2v) is 8.29. The van der Waals surface area contributed by atoms with Crippen LogP contribution >= 0.6 is 0 Å². The molecule has 4 rings (SSSR count). The molecule has 2 bridgehead atoms. The van der Waals surface area contributed by atoms with Gasteiger partial charge in [-0.25, -0.2) is 0 Å². The maximum atomic E-state index is 10.1. The van der Waals surface area contributed by atoms with Crippen molar-refractivity contribution >= 4 is 0 Å². The molecular formula is C22H33NO3. The molecule has 3 aliphatic carbocycles. The molecule has 4 heteroatoms. The summed E-state index contributed by atoms with van der Waals surface area (Å²) in [5.41, 5.74) is 3.14. The zero-order valence-corrected chi connectivity index (χ0v) is 16.3. The van der Waals surface area contributed by atoms with Gasteiger partial charge in [-0.15, -0.1) is 0 Å². The highest BCUT2D eigenvalue weighted by Crippen LogP contribution is 2.59. The summed E-state index contributed by atoms with van der Waals surface area (Å²) in [5, 5.41) is 13.4. The van der Waals surface area contributed by atoms with E-state index in [1.165, 1.54) is 24.0 Å². The average Bonchev–Trinajstić information content (AvgIpc) is 2.65. The van der Waals surface area contributed by atoms with E-state index in [0.717, 1.165) is 24.6 Å². The number of aliphatic hydroxyl groups excluding tert-OH is 1. The van der Waals surface area contributed by atoms with Crippen molar-refractivity contribution in [3.63, 3.8) is 0 Å². The zero-order chi connectivity index (χ0) is 18.6.